The number of nitrogens with zero attached hydrogens (tertiary/aromatic N) is 2. The summed E-state index contributed by atoms with van der Waals surface area (Å²) in [6.07, 6.45) is 2.46. The van der Waals surface area contributed by atoms with E-state index in [-0.39, 0.29) is 5.92 Å². The fourth-order valence-electron chi connectivity index (χ4n) is 4.30. The second kappa shape index (κ2) is 13.0. The number of rotatable bonds is 13. The van der Waals surface area contributed by atoms with E-state index < -0.39 is 11.4 Å². The lowest BCUT2D eigenvalue weighted by molar-refractivity contribution is -0.132. The van der Waals surface area contributed by atoms with Crippen molar-refractivity contribution in [1.82, 2.24) is 4.90 Å². The summed E-state index contributed by atoms with van der Waals surface area (Å²) in [6, 6.07) is 14.0. The Bertz CT molecular complexity index is 1030. The van der Waals surface area contributed by atoms with Crippen molar-refractivity contribution in [3.63, 3.8) is 0 Å². The van der Waals surface area contributed by atoms with Crippen molar-refractivity contribution in [2.24, 2.45) is 5.92 Å². The van der Waals surface area contributed by atoms with E-state index in [1.165, 1.54) is 19.6 Å². The number of methoxy groups -OCH3 is 3. The molecule has 7 nitrogen and oxygen atoms in total. The topological polar surface area (TPSA) is 81.0 Å². The molecule has 2 aromatic carbocycles. The Labute approximate surface area is 209 Å². The highest BCUT2D eigenvalue weighted by atomic mass is 16.6. The molecule has 0 bridgehead atoms. The molecule has 1 unspecified atom stereocenters. The largest absolute Gasteiger partial charge is 0.493 e. The van der Waals surface area contributed by atoms with Crippen LogP contribution < -0.4 is 18.9 Å². The molecule has 0 spiro atoms. The van der Waals surface area contributed by atoms with E-state index in [0.717, 1.165) is 43.0 Å². The van der Waals surface area contributed by atoms with Gasteiger partial charge in [-0.1, -0.05) is 26.0 Å². The minimum absolute atomic E-state index is 0.0915. The SMILES string of the molecule is COc1ccc(CCN(C)CCCC(C#N)(c2ccc(OC(C)=O)c(OC)c2)C(C)C)cc1OC. The lowest BCUT2D eigenvalue weighted by Crippen LogP contribution is -2.32. The number of hydrogen-bond donors (Lipinski definition) is 0. The average molecular weight is 483 g/mol. The maximum Gasteiger partial charge on any atom is 0.308 e. The van der Waals surface area contributed by atoms with Gasteiger partial charge in [0.05, 0.1) is 32.8 Å². The monoisotopic (exact) mass is 482 g/mol. The zero-order valence-electron chi connectivity index (χ0n) is 22.0. The smallest absolute Gasteiger partial charge is 0.308 e. The predicted molar refractivity (Wildman–Crippen MR) is 136 cm³/mol. The standard InChI is InChI=1S/C28H38N2O5/c1-20(2)28(19-29,23-10-12-25(35-21(3)31)27(18-23)34-7)14-8-15-30(4)16-13-22-9-11-24(32-5)26(17-22)33-6/h9-12,17-18,20H,8,13-16H2,1-7H3. The highest BCUT2D eigenvalue weighted by Crippen LogP contribution is 2.40. The van der Waals surface area contributed by atoms with E-state index in [1.807, 2.05) is 24.3 Å². The van der Waals surface area contributed by atoms with Gasteiger partial charge in [-0.25, -0.2) is 0 Å². The van der Waals surface area contributed by atoms with Gasteiger partial charge in [-0.3, -0.25) is 4.79 Å². The van der Waals surface area contributed by atoms with Crippen LogP contribution in [0.5, 0.6) is 23.0 Å². The number of likely N-dealkylation sites (N-methyl/N-ethyl adjacent to an activating group) is 1. The summed E-state index contributed by atoms with van der Waals surface area (Å²) in [4.78, 5) is 13.7. The first-order valence-electron chi connectivity index (χ1n) is 11.9. The zero-order chi connectivity index (χ0) is 26.0. The molecule has 0 radical (unpaired) electrons. The van der Waals surface area contributed by atoms with Crippen LogP contribution in [0.15, 0.2) is 36.4 Å². The fourth-order valence-corrected chi connectivity index (χ4v) is 4.30. The first-order valence-corrected chi connectivity index (χ1v) is 11.9. The van der Waals surface area contributed by atoms with Gasteiger partial charge in [0.15, 0.2) is 23.0 Å². The van der Waals surface area contributed by atoms with Crippen LogP contribution in [0, 0.1) is 17.2 Å². The third-order valence-electron chi connectivity index (χ3n) is 6.46. The van der Waals surface area contributed by atoms with Gasteiger partial charge in [0.1, 0.15) is 0 Å². The van der Waals surface area contributed by atoms with E-state index >= 15 is 0 Å². The Morgan fingerprint density at radius 2 is 1.60 bits per heavy atom. The highest BCUT2D eigenvalue weighted by Gasteiger charge is 2.36. The maximum atomic E-state index is 11.4. The summed E-state index contributed by atoms with van der Waals surface area (Å²) in [7, 11) is 6.90. The van der Waals surface area contributed by atoms with Crippen molar-refractivity contribution in [2.45, 2.75) is 45.4 Å². The molecule has 35 heavy (non-hydrogen) atoms. The first-order chi connectivity index (χ1) is 16.7. The Kier molecular flexibility index (Phi) is 10.4. The normalized spacial score (nSPS) is 12.7. The summed E-state index contributed by atoms with van der Waals surface area (Å²) in [5, 5.41) is 10.3. The lowest BCUT2D eigenvalue weighted by Gasteiger charge is -2.32. The van der Waals surface area contributed by atoms with Gasteiger partial charge in [-0.2, -0.15) is 5.26 Å². The van der Waals surface area contributed by atoms with Crippen molar-refractivity contribution in [2.75, 3.05) is 41.5 Å². The molecule has 0 saturated heterocycles. The lowest BCUT2D eigenvalue weighted by atomic mass is 9.69. The van der Waals surface area contributed by atoms with Crippen LogP contribution in [0.1, 0.15) is 44.7 Å². The van der Waals surface area contributed by atoms with E-state index in [2.05, 4.69) is 37.9 Å². The van der Waals surface area contributed by atoms with E-state index in [9.17, 15) is 10.1 Å². The van der Waals surface area contributed by atoms with Gasteiger partial charge in [0, 0.05) is 13.5 Å². The molecule has 190 valence electrons. The van der Waals surface area contributed by atoms with Crippen LogP contribution in [0.2, 0.25) is 0 Å². The minimum Gasteiger partial charge on any atom is -0.493 e. The molecule has 0 aromatic heterocycles. The van der Waals surface area contributed by atoms with E-state index in [4.69, 9.17) is 18.9 Å². The summed E-state index contributed by atoms with van der Waals surface area (Å²) >= 11 is 0. The Hall–Kier alpha value is -3.24. The minimum atomic E-state index is -0.674. The van der Waals surface area contributed by atoms with E-state index in [1.54, 1.807) is 20.3 Å². The highest BCUT2D eigenvalue weighted by molar-refractivity contribution is 5.70. The Balaban J connectivity index is 2.06. The third-order valence-corrected chi connectivity index (χ3v) is 6.46. The molecule has 0 heterocycles. The van der Waals surface area contributed by atoms with Gasteiger partial charge in [0.2, 0.25) is 0 Å². The van der Waals surface area contributed by atoms with Crippen molar-refractivity contribution in [1.29, 1.82) is 5.26 Å². The molecule has 2 rings (SSSR count). The second-order valence-electron chi connectivity index (χ2n) is 9.04. The van der Waals surface area contributed by atoms with Crippen LogP contribution in [0.25, 0.3) is 0 Å². The third kappa shape index (κ3) is 7.12. The van der Waals surface area contributed by atoms with Crippen LogP contribution in [-0.4, -0.2) is 52.3 Å². The maximum absolute atomic E-state index is 11.4. The number of carbonyl (C=O) groups excluding carboxylic acids is 1. The molecule has 0 amide bonds. The van der Waals surface area contributed by atoms with Crippen LogP contribution in [0.4, 0.5) is 0 Å². The molecule has 0 aliphatic heterocycles. The van der Waals surface area contributed by atoms with Gasteiger partial charge >= 0.3 is 5.97 Å². The number of benzene rings is 2. The molecule has 0 N–H and O–H groups in total. The van der Waals surface area contributed by atoms with E-state index in [0.29, 0.717) is 17.9 Å². The van der Waals surface area contributed by atoms with Gasteiger partial charge < -0.3 is 23.8 Å². The Morgan fingerprint density at radius 3 is 2.17 bits per heavy atom. The summed E-state index contributed by atoms with van der Waals surface area (Å²) in [6.45, 7) is 7.24. The summed E-state index contributed by atoms with van der Waals surface area (Å²) in [5.74, 6) is 1.94. The van der Waals surface area contributed by atoms with Gasteiger partial charge in [0.25, 0.3) is 0 Å². The molecule has 1 atom stereocenters. The summed E-state index contributed by atoms with van der Waals surface area (Å²) in [5.41, 5.74) is 1.38. The molecule has 0 aliphatic rings. The van der Waals surface area contributed by atoms with Gasteiger partial charge in [-0.15, -0.1) is 0 Å². The van der Waals surface area contributed by atoms with Crippen LogP contribution in [0.3, 0.4) is 0 Å². The number of hydrogen-bond acceptors (Lipinski definition) is 7. The molecule has 0 saturated carbocycles. The van der Waals surface area contributed by atoms with Gasteiger partial charge in [-0.05, 0) is 74.2 Å². The van der Waals surface area contributed by atoms with Crippen LogP contribution in [-0.2, 0) is 16.6 Å². The molecular weight excluding hydrogens is 444 g/mol. The number of nitriles is 1. The van der Waals surface area contributed by atoms with Crippen LogP contribution >= 0.6 is 0 Å². The Morgan fingerprint density at radius 1 is 0.971 bits per heavy atom. The number of carbonyl (C=O) groups is 1. The molecule has 7 heteroatoms. The average Bonchev–Trinajstić information content (AvgIpc) is 2.85. The molecule has 0 aliphatic carbocycles. The molecular formula is C28H38N2O5. The van der Waals surface area contributed by atoms with Crippen molar-refractivity contribution in [3.8, 4) is 29.1 Å². The fraction of sp³-hybridized carbons (Fsp3) is 0.500. The molecule has 0 fully saturated rings. The quantitative estimate of drug-likeness (QED) is 0.293. The number of ether oxygens (including phenoxy) is 4. The van der Waals surface area contributed by atoms with Crippen molar-refractivity contribution < 1.29 is 23.7 Å². The zero-order valence-corrected chi connectivity index (χ0v) is 22.0. The predicted octanol–water partition coefficient (Wildman–Crippen LogP) is 5.01. The van der Waals surface area contributed by atoms with Crippen molar-refractivity contribution in [3.05, 3.63) is 47.5 Å². The summed E-state index contributed by atoms with van der Waals surface area (Å²) < 4.78 is 21.4. The first kappa shape index (κ1) is 28.0. The second-order valence-corrected chi connectivity index (χ2v) is 9.04. The number of esters is 1. The molecule has 2 aromatic rings. The van der Waals surface area contributed by atoms with Crippen molar-refractivity contribution >= 4 is 5.97 Å².